The van der Waals surface area contributed by atoms with Crippen LogP contribution in [0.4, 0.5) is 5.82 Å². The van der Waals surface area contributed by atoms with E-state index in [1.807, 2.05) is 0 Å². The number of nitrogen functional groups attached to an aromatic ring is 1. The molecular weight excluding hydrogens is 274 g/mol. The first-order valence-electron chi connectivity index (χ1n) is 5.51. The van der Waals surface area contributed by atoms with Crippen LogP contribution in [0.15, 0.2) is 11.1 Å². The van der Waals surface area contributed by atoms with Crippen molar-refractivity contribution in [3.8, 4) is 0 Å². The number of H-pyrrole nitrogens is 1. The fourth-order valence-corrected chi connectivity index (χ4v) is 2.31. The summed E-state index contributed by atoms with van der Waals surface area (Å²) in [5, 5.41) is 8.42. The molecule has 0 aliphatic carbocycles. The van der Waals surface area contributed by atoms with Gasteiger partial charge in [-0.05, 0) is 0 Å². The summed E-state index contributed by atoms with van der Waals surface area (Å²) in [7, 11) is -2.22. The van der Waals surface area contributed by atoms with Gasteiger partial charge in [-0.25, -0.2) is 13.1 Å². The highest BCUT2D eigenvalue weighted by molar-refractivity contribution is 7.89. The second-order valence-corrected chi connectivity index (χ2v) is 5.37. The van der Waals surface area contributed by atoms with Crippen molar-refractivity contribution in [3.05, 3.63) is 6.20 Å². The summed E-state index contributed by atoms with van der Waals surface area (Å²) < 4.78 is 30.5. The fraction of sp³-hybridized carbons (Fsp3) is 0.556. The third-order valence-corrected chi connectivity index (χ3v) is 3.68. The van der Waals surface area contributed by atoms with Crippen LogP contribution in [0.25, 0.3) is 0 Å². The van der Waals surface area contributed by atoms with E-state index in [2.05, 4.69) is 20.2 Å². The highest BCUT2D eigenvalue weighted by Gasteiger charge is 2.18. The number of methoxy groups -OCH3 is 1. The van der Waals surface area contributed by atoms with Gasteiger partial charge in [-0.3, -0.25) is 9.89 Å². The smallest absolute Gasteiger partial charge is 0.245 e. The number of nitrogens with one attached hydrogen (secondary N) is 3. The molecular formula is C9H17N5O4S. The fourth-order valence-electron chi connectivity index (χ4n) is 1.26. The molecule has 0 fully saturated rings. The van der Waals surface area contributed by atoms with E-state index < -0.39 is 10.0 Å². The van der Waals surface area contributed by atoms with E-state index in [-0.39, 0.29) is 29.6 Å². The number of amides is 1. The molecule has 1 rings (SSSR count). The Bertz CT molecular complexity index is 512. The van der Waals surface area contributed by atoms with Crippen LogP contribution in [-0.2, 0) is 19.6 Å². The highest BCUT2D eigenvalue weighted by atomic mass is 32.2. The summed E-state index contributed by atoms with van der Waals surface area (Å²) in [4.78, 5) is 11.2. The molecule has 0 bridgehead atoms. The molecule has 0 unspecified atom stereocenters. The van der Waals surface area contributed by atoms with Gasteiger partial charge in [-0.15, -0.1) is 0 Å². The number of nitrogens with two attached hydrogens (primary N) is 1. The van der Waals surface area contributed by atoms with Crippen molar-refractivity contribution >= 4 is 21.7 Å². The molecule has 108 valence electrons. The third-order valence-electron chi connectivity index (χ3n) is 2.19. The second-order valence-electron chi connectivity index (χ2n) is 3.64. The largest absolute Gasteiger partial charge is 0.383 e. The van der Waals surface area contributed by atoms with Gasteiger partial charge in [0.05, 0.1) is 12.8 Å². The van der Waals surface area contributed by atoms with Gasteiger partial charge >= 0.3 is 0 Å². The van der Waals surface area contributed by atoms with Crippen molar-refractivity contribution < 1.29 is 17.9 Å². The molecule has 1 aromatic rings. The molecule has 1 aromatic heterocycles. The van der Waals surface area contributed by atoms with Crippen LogP contribution in [0.3, 0.4) is 0 Å². The molecule has 0 saturated carbocycles. The molecule has 0 aliphatic rings. The Morgan fingerprint density at radius 3 is 2.84 bits per heavy atom. The lowest BCUT2D eigenvalue weighted by atomic mass is 10.4. The Hall–Kier alpha value is -1.65. The van der Waals surface area contributed by atoms with Gasteiger partial charge < -0.3 is 15.8 Å². The van der Waals surface area contributed by atoms with Gasteiger partial charge in [0, 0.05) is 26.6 Å². The molecule has 0 radical (unpaired) electrons. The van der Waals surface area contributed by atoms with Crippen LogP contribution < -0.4 is 15.8 Å². The van der Waals surface area contributed by atoms with Gasteiger partial charge in [-0.2, -0.15) is 5.10 Å². The molecule has 0 aliphatic heterocycles. The number of aromatic nitrogens is 2. The summed E-state index contributed by atoms with van der Waals surface area (Å²) in [5.41, 5.74) is 5.41. The summed E-state index contributed by atoms with van der Waals surface area (Å²) in [6.45, 7) is 0.769. The van der Waals surface area contributed by atoms with Crippen molar-refractivity contribution in [2.45, 2.75) is 11.3 Å². The predicted octanol–water partition coefficient (Wildman–Crippen LogP) is -1.58. The zero-order chi connectivity index (χ0) is 14.3. The predicted molar refractivity (Wildman–Crippen MR) is 67.7 cm³/mol. The van der Waals surface area contributed by atoms with Crippen molar-refractivity contribution in [1.82, 2.24) is 20.2 Å². The number of ether oxygens (including phenoxy) is 1. The molecule has 1 amide bonds. The lowest BCUT2D eigenvalue weighted by Gasteiger charge is -2.06. The summed E-state index contributed by atoms with van der Waals surface area (Å²) in [6.07, 6.45) is 1.14. The quantitative estimate of drug-likeness (QED) is 0.426. The van der Waals surface area contributed by atoms with Crippen LogP contribution in [0, 0.1) is 0 Å². The van der Waals surface area contributed by atoms with E-state index in [1.165, 1.54) is 7.11 Å². The molecule has 0 spiro atoms. The Balaban J connectivity index is 2.37. The van der Waals surface area contributed by atoms with Crippen LogP contribution >= 0.6 is 0 Å². The Morgan fingerprint density at radius 1 is 1.53 bits per heavy atom. The number of hydrogen-bond acceptors (Lipinski definition) is 6. The molecule has 5 N–H and O–H groups in total. The topological polar surface area (TPSA) is 139 Å². The van der Waals surface area contributed by atoms with Gasteiger partial charge in [0.1, 0.15) is 10.7 Å². The van der Waals surface area contributed by atoms with Crippen LogP contribution in [0.2, 0.25) is 0 Å². The van der Waals surface area contributed by atoms with E-state index in [9.17, 15) is 13.2 Å². The molecule has 1 heterocycles. The van der Waals surface area contributed by atoms with Gasteiger partial charge in [0.15, 0.2) is 0 Å². The third kappa shape index (κ3) is 4.85. The summed E-state index contributed by atoms with van der Waals surface area (Å²) in [6, 6.07) is 0. The zero-order valence-electron chi connectivity index (χ0n) is 10.5. The van der Waals surface area contributed by atoms with Gasteiger partial charge in [-0.1, -0.05) is 0 Å². The minimum absolute atomic E-state index is 0.0221. The SMILES string of the molecule is COCCNC(=O)CCNS(=O)(=O)c1cn[nH]c1N. The van der Waals surface area contributed by atoms with Crippen molar-refractivity contribution in [3.63, 3.8) is 0 Å². The first kappa shape index (κ1) is 15.4. The average Bonchev–Trinajstić information content (AvgIpc) is 2.76. The maximum absolute atomic E-state index is 11.8. The molecule has 0 saturated heterocycles. The zero-order valence-corrected chi connectivity index (χ0v) is 11.3. The lowest BCUT2D eigenvalue weighted by molar-refractivity contribution is -0.121. The maximum atomic E-state index is 11.8. The Kier molecular flexibility index (Phi) is 5.73. The number of carbonyl (C=O) groups is 1. The standard InChI is InChI=1S/C9H17N5O4S/c1-18-5-4-11-8(15)2-3-13-19(16,17)7-6-12-14-9(7)10/h6,13H,2-5H2,1H3,(H,11,15)(H3,10,12,14). The van der Waals surface area contributed by atoms with E-state index in [4.69, 9.17) is 10.5 Å². The maximum Gasteiger partial charge on any atom is 0.245 e. The number of sulfonamides is 1. The van der Waals surface area contributed by atoms with Crippen molar-refractivity contribution in [2.24, 2.45) is 0 Å². The average molecular weight is 291 g/mol. The number of carbonyl (C=O) groups excluding carboxylic acids is 1. The van der Waals surface area contributed by atoms with Crippen molar-refractivity contribution in [2.75, 3.05) is 32.5 Å². The number of nitrogens with zero attached hydrogens (tertiary/aromatic N) is 1. The van der Waals surface area contributed by atoms with Crippen LogP contribution in [0.1, 0.15) is 6.42 Å². The van der Waals surface area contributed by atoms with E-state index in [1.54, 1.807) is 0 Å². The van der Waals surface area contributed by atoms with Crippen LogP contribution in [0.5, 0.6) is 0 Å². The minimum Gasteiger partial charge on any atom is -0.383 e. The Morgan fingerprint density at radius 2 is 2.26 bits per heavy atom. The lowest BCUT2D eigenvalue weighted by Crippen LogP contribution is -2.32. The molecule has 10 heteroatoms. The van der Waals surface area contributed by atoms with Crippen LogP contribution in [-0.4, -0.2) is 51.3 Å². The summed E-state index contributed by atoms with van der Waals surface area (Å²) in [5.74, 6) is -0.308. The number of anilines is 1. The first-order valence-corrected chi connectivity index (χ1v) is 7.00. The Labute approximate surface area is 110 Å². The second kappa shape index (κ2) is 7.07. The monoisotopic (exact) mass is 291 g/mol. The molecule has 19 heavy (non-hydrogen) atoms. The minimum atomic E-state index is -3.74. The van der Waals surface area contributed by atoms with E-state index in [0.717, 1.165) is 6.20 Å². The van der Waals surface area contributed by atoms with Gasteiger partial charge in [0.2, 0.25) is 15.9 Å². The van der Waals surface area contributed by atoms with E-state index >= 15 is 0 Å². The highest BCUT2D eigenvalue weighted by Crippen LogP contribution is 2.13. The first-order chi connectivity index (χ1) is 8.97. The molecule has 9 nitrogen and oxygen atoms in total. The van der Waals surface area contributed by atoms with E-state index in [0.29, 0.717) is 13.2 Å². The normalized spacial score (nSPS) is 11.4. The van der Waals surface area contributed by atoms with Crippen molar-refractivity contribution in [1.29, 1.82) is 0 Å². The van der Waals surface area contributed by atoms with Gasteiger partial charge in [0.25, 0.3) is 0 Å². The molecule has 0 aromatic carbocycles. The molecule has 0 atom stereocenters. The summed E-state index contributed by atoms with van der Waals surface area (Å²) >= 11 is 0. The number of hydrogen-bond donors (Lipinski definition) is 4. The number of rotatable bonds is 8. The number of aromatic amines is 1.